The third kappa shape index (κ3) is 5.52. The van der Waals surface area contributed by atoms with Crippen LogP contribution in [0.25, 0.3) is 0 Å². The van der Waals surface area contributed by atoms with Gasteiger partial charge in [0.25, 0.3) is 0 Å². The van der Waals surface area contributed by atoms with Crippen LogP contribution in [0.2, 0.25) is 0 Å². The van der Waals surface area contributed by atoms with Crippen molar-refractivity contribution in [1.29, 1.82) is 0 Å². The van der Waals surface area contributed by atoms with Crippen molar-refractivity contribution in [2.24, 2.45) is 0 Å². The van der Waals surface area contributed by atoms with Crippen LogP contribution in [0.3, 0.4) is 0 Å². The Kier molecular flexibility index (Phi) is 7.24. The summed E-state index contributed by atoms with van der Waals surface area (Å²) in [4.78, 5) is 0.701. The molecule has 1 atom stereocenters. The van der Waals surface area contributed by atoms with Gasteiger partial charge in [-0.3, -0.25) is 0 Å². The number of ether oxygens (including phenoxy) is 1. The van der Waals surface area contributed by atoms with Crippen molar-refractivity contribution in [2.75, 3.05) is 25.5 Å². The van der Waals surface area contributed by atoms with Gasteiger partial charge in [0.15, 0.2) is 0 Å². The number of hydrogen-bond donors (Lipinski definition) is 1. The number of thioether (sulfide) groups is 1. The molecule has 0 spiro atoms. The van der Waals surface area contributed by atoms with Gasteiger partial charge >= 0.3 is 0 Å². The normalized spacial score (nSPS) is 12.6. The van der Waals surface area contributed by atoms with Gasteiger partial charge in [0, 0.05) is 23.3 Å². The Bertz CT molecular complexity index is 322. The number of likely N-dealkylation sites (N-methyl/N-ethyl adjacent to an activating group) is 1. The molecule has 0 bridgehead atoms. The predicted molar refractivity (Wildman–Crippen MR) is 71.1 cm³/mol. The molecule has 1 aromatic carbocycles. The zero-order valence-electron chi connectivity index (χ0n) is 10.4. The van der Waals surface area contributed by atoms with E-state index in [1.54, 1.807) is 6.07 Å². The molecule has 0 aliphatic rings. The largest absolute Gasteiger partial charge is 0.380 e. The van der Waals surface area contributed by atoms with Gasteiger partial charge in [-0.2, -0.15) is 0 Å². The summed E-state index contributed by atoms with van der Waals surface area (Å²) in [5.41, 5.74) is 0. The molecular weight excluding hydrogens is 237 g/mol. The quantitative estimate of drug-likeness (QED) is 0.724. The Balaban J connectivity index is 2.42. The molecule has 0 fully saturated rings. The van der Waals surface area contributed by atoms with Gasteiger partial charge in [0.1, 0.15) is 5.82 Å². The number of nitrogens with one attached hydrogen (secondary N) is 1. The van der Waals surface area contributed by atoms with Gasteiger partial charge in [-0.15, -0.1) is 11.8 Å². The van der Waals surface area contributed by atoms with E-state index in [2.05, 4.69) is 12.2 Å². The average molecular weight is 257 g/mol. The Morgan fingerprint density at radius 2 is 2.12 bits per heavy atom. The minimum Gasteiger partial charge on any atom is -0.380 e. The van der Waals surface area contributed by atoms with Crippen molar-refractivity contribution in [3.63, 3.8) is 0 Å². The number of benzene rings is 1. The minimum atomic E-state index is -0.149. The molecule has 2 nitrogen and oxygen atoms in total. The maximum absolute atomic E-state index is 13.4. The van der Waals surface area contributed by atoms with E-state index >= 15 is 0 Å². The topological polar surface area (TPSA) is 21.3 Å². The molecule has 0 radical (unpaired) electrons. The summed E-state index contributed by atoms with van der Waals surface area (Å²) < 4.78 is 18.8. The van der Waals surface area contributed by atoms with Crippen LogP contribution in [0, 0.1) is 5.82 Å². The van der Waals surface area contributed by atoms with Crippen molar-refractivity contribution < 1.29 is 9.13 Å². The third-order valence-corrected chi connectivity index (χ3v) is 3.50. The molecule has 0 aliphatic carbocycles. The molecule has 0 amide bonds. The Morgan fingerprint density at radius 1 is 1.35 bits per heavy atom. The highest BCUT2D eigenvalue weighted by Gasteiger charge is 2.09. The van der Waals surface area contributed by atoms with Gasteiger partial charge in [-0.25, -0.2) is 4.39 Å². The van der Waals surface area contributed by atoms with E-state index in [1.807, 2.05) is 19.1 Å². The molecule has 17 heavy (non-hydrogen) atoms. The first kappa shape index (κ1) is 14.5. The predicted octanol–water partition coefficient (Wildman–Crippen LogP) is 2.93. The Morgan fingerprint density at radius 3 is 2.76 bits per heavy atom. The lowest BCUT2D eigenvalue weighted by Gasteiger charge is -2.17. The minimum absolute atomic E-state index is 0.149. The van der Waals surface area contributed by atoms with Crippen LogP contribution in [0.5, 0.6) is 0 Å². The Hall–Kier alpha value is -0.580. The Labute approximate surface area is 107 Å². The monoisotopic (exact) mass is 257 g/mol. The molecule has 0 saturated carbocycles. The SMILES string of the molecule is CCNC(COCC)CSc1ccccc1F. The molecule has 0 heterocycles. The summed E-state index contributed by atoms with van der Waals surface area (Å²) >= 11 is 1.53. The number of rotatable bonds is 8. The van der Waals surface area contributed by atoms with E-state index < -0.39 is 0 Å². The molecule has 1 unspecified atom stereocenters. The molecule has 0 aliphatic heterocycles. The average Bonchev–Trinajstić information content (AvgIpc) is 2.34. The van der Waals surface area contributed by atoms with Crippen molar-refractivity contribution in [1.82, 2.24) is 5.32 Å². The highest BCUT2D eigenvalue weighted by Crippen LogP contribution is 2.21. The highest BCUT2D eigenvalue weighted by atomic mass is 32.2. The fraction of sp³-hybridized carbons (Fsp3) is 0.538. The molecule has 96 valence electrons. The van der Waals surface area contributed by atoms with Crippen LogP contribution in [-0.4, -0.2) is 31.6 Å². The number of hydrogen-bond acceptors (Lipinski definition) is 3. The second-order valence-electron chi connectivity index (χ2n) is 3.66. The number of halogens is 1. The van der Waals surface area contributed by atoms with Crippen LogP contribution in [0.1, 0.15) is 13.8 Å². The molecule has 0 saturated heterocycles. The summed E-state index contributed by atoms with van der Waals surface area (Å²) in [5.74, 6) is 0.665. The lowest BCUT2D eigenvalue weighted by molar-refractivity contribution is 0.129. The van der Waals surface area contributed by atoms with Crippen LogP contribution in [0.15, 0.2) is 29.2 Å². The van der Waals surface area contributed by atoms with Crippen LogP contribution in [0.4, 0.5) is 4.39 Å². The third-order valence-electron chi connectivity index (χ3n) is 2.29. The second kappa shape index (κ2) is 8.50. The maximum atomic E-state index is 13.4. The summed E-state index contributed by atoms with van der Waals surface area (Å²) in [6.07, 6.45) is 0. The first-order valence-electron chi connectivity index (χ1n) is 5.96. The lowest BCUT2D eigenvalue weighted by Crippen LogP contribution is -2.35. The molecule has 0 aromatic heterocycles. The van der Waals surface area contributed by atoms with Gasteiger partial charge in [0.05, 0.1) is 6.61 Å². The standard InChI is InChI=1S/C13H20FNOS/c1-3-15-11(9-16-4-2)10-17-13-8-6-5-7-12(13)14/h5-8,11,15H,3-4,9-10H2,1-2H3. The van der Waals surface area contributed by atoms with E-state index in [-0.39, 0.29) is 11.9 Å². The van der Waals surface area contributed by atoms with E-state index in [9.17, 15) is 4.39 Å². The molecule has 4 heteroatoms. The summed E-state index contributed by atoms with van der Waals surface area (Å²) in [5, 5.41) is 3.34. The van der Waals surface area contributed by atoms with Crippen LogP contribution in [-0.2, 0) is 4.74 Å². The molecule has 1 aromatic rings. The van der Waals surface area contributed by atoms with Crippen LogP contribution >= 0.6 is 11.8 Å². The first-order chi connectivity index (χ1) is 8.27. The highest BCUT2D eigenvalue weighted by molar-refractivity contribution is 7.99. The zero-order valence-corrected chi connectivity index (χ0v) is 11.2. The summed E-state index contributed by atoms with van der Waals surface area (Å²) in [6.45, 7) is 6.33. The van der Waals surface area contributed by atoms with Crippen molar-refractivity contribution in [3.8, 4) is 0 Å². The fourth-order valence-electron chi connectivity index (χ4n) is 1.47. The fourth-order valence-corrected chi connectivity index (χ4v) is 2.44. The van der Waals surface area contributed by atoms with Gasteiger partial charge in [-0.05, 0) is 25.6 Å². The summed E-state index contributed by atoms with van der Waals surface area (Å²) in [7, 11) is 0. The van der Waals surface area contributed by atoms with E-state index in [0.717, 1.165) is 12.3 Å². The van der Waals surface area contributed by atoms with Crippen molar-refractivity contribution in [2.45, 2.75) is 24.8 Å². The second-order valence-corrected chi connectivity index (χ2v) is 4.72. The summed E-state index contributed by atoms with van der Waals surface area (Å²) in [6, 6.07) is 7.14. The first-order valence-corrected chi connectivity index (χ1v) is 6.95. The van der Waals surface area contributed by atoms with Gasteiger partial charge in [0.2, 0.25) is 0 Å². The lowest BCUT2D eigenvalue weighted by atomic mass is 10.3. The van der Waals surface area contributed by atoms with E-state index in [4.69, 9.17) is 4.74 Å². The van der Waals surface area contributed by atoms with Gasteiger partial charge in [-0.1, -0.05) is 19.1 Å². The van der Waals surface area contributed by atoms with Gasteiger partial charge < -0.3 is 10.1 Å². The zero-order chi connectivity index (χ0) is 12.5. The molecular formula is C13H20FNOS. The van der Waals surface area contributed by atoms with Crippen molar-refractivity contribution in [3.05, 3.63) is 30.1 Å². The molecule has 1 rings (SSSR count). The van der Waals surface area contributed by atoms with Crippen LogP contribution < -0.4 is 5.32 Å². The van der Waals surface area contributed by atoms with E-state index in [1.165, 1.54) is 17.8 Å². The van der Waals surface area contributed by atoms with E-state index in [0.29, 0.717) is 18.1 Å². The van der Waals surface area contributed by atoms with Crippen molar-refractivity contribution >= 4 is 11.8 Å². The molecule has 1 N–H and O–H groups in total. The maximum Gasteiger partial charge on any atom is 0.136 e. The smallest absolute Gasteiger partial charge is 0.136 e.